The third-order valence-corrected chi connectivity index (χ3v) is 3.36. The minimum atomic E-state index is 0.245. The Morgan fingerprint density at radius 1 is 0.667 bits per heavy atom. The van der Waals surface area contributed by atoms with Crippen LogP contribution in [0.3, 0.4) is 0 Å². The molecule has 0 saturated carbocycles. The zero-order chi connectivity index (χ0) is 21.6. The van der Waals surface area contributed by atoms with Crippen molar-refractivity contribution < 1.29 is 14.4 Å². The van der Waals surface area contributed by atoms with E-state index in [1.54, 1.807) is 13.8 Å². The molecule has 0 fully saturated rings. The van der Waals surface area contributed by atoms with E-state index in [0.29, 0.717) is 24.2 Å². The van der Waals surface area contributed by atoms with Crippen LogP contribution in [-0.4, -0.2) is 17.3 Å². The summed E-state index contributed by atoms with van der Waals surface area (Å²) in [7, 11) is 0. The summed E-state index contributed by atoms with van der Waals surface area (Å²) in [4.78, 5) is 32.1. The van der Waals surface area contributed by atoms with Crippen molar-refractivity contribution >= 4 is 17.3 Å². The van der Waals surface area contributed by atoms with Crippen LogP contribution in [0.15, 0.2) is 24.3 Å². The Morgan fingerprint density at radius 2 is 1.00 bits per heavy atom. The molecule has 154 valence electrons. The molecular formula is C24H40O3. The summed E-state index contributed by atoms with van der Waals surface area (Å²) >= 11 is 0. The predicted octanol–water partition coefficient (Wildman–Crippen LogP) is 6.47. The molecule has 0 saturated heterocycles. The molecule has 1 rings (SSSR count). The van der Waals surface area contributed by atoms with Gasteiger partial charge in [-0.2, -0.15) is 0 Å². The summed E-state index contributed by atoms with van der Waals surface area (Å²) in [6.07, 6.45) is 2.09. The SMILES string of the molecule is CC(=O)CC(C)C.CC(=O)CC(C)C.Cc1ccc(C(=O)CC(C)C)cc1. The van der Waals surface area contributed by atoms with Gasteiger partial charge in [-0.1, -0.05) is 71.4 Å². The van der Waals surface area contributed by atoms with Crippen molar-refractivity contribution in [3.8, 4) is 0 Å². The molecule has 27 heavy (non-hydrogen) atoms. The third kappa shape index (κ3) is 20.4. The van der Waals surface area contributed by atoms with Crippen molar-refractivity contribution in [2.75, 3.05) is 0 Å². The minimum absolute atomic E-state index is 0.245. The summed E-state index contributed by atoms with van der Waals surface area (Å²) in [5.74, 6) is 2.31. The van der Waals surface area contributed by atoms with Crippen molar-refractivity contribution in [2.24, 2.45) is 17.8 Å². The van der Waals surface area contributed by atoms with Gasteiger partial charge in [-0.05, 0) is 38.5 Å². The summed E-state index contributed by atoms with van der Waals surface area (Å²) in [6.45, 7) is 17.6. The lowest BCUT2D eigenvalue weighted by Gasteiger charge is -2.03. The van der Waals surface area contributed by atoms with E-state index in [2.05, 4.69) is 13.8 Å². The topological polar surface area (TPSA) is 51.2 Å². The highest BCUT2D eigenvalue weighted by atomic mass is 16.1. The van der Waals surface area contributed by atoms with E-state index in [0.717, 1.165) is 18.4 Å². The number of ketones is 3. The quantitative estimate of drug-likeness (QED) is 0.513. The Bertz CT molecular complexity index is 531. The predicted molar refractivity (Wildman–Crippen MR) is 115 cm³/mol. The maximum absolute atomic E-state index is 11.6. The van der Waals surface area contributed by atoms with Crippen LogP contribution >= 0.6 is 0 Å². The van der Waals surface area contributed by atoms with Crippen molar-refractivity contribution in [2.45, 2.75) is 81.6 Å². The number of carbonyl (C=O) groups excluding carboxylic acids is 3. The lowest BCUT2D eigenvalue weighted by Crippen LogP contribution is -2.03. The molecule has 0 unspecified atom stereocenters. The van der Waals surface area contributed by atoms with Gasteiger partial charge in [-0.3, -0.25) is 4.79 Å². The Morgan fingerprint density at radius 3 is 1.22 bits per heavy atom. The number of aryl methyl sites for hydroxylation is 1. The molecule has 0 atom stereocenters. The van der Waals surface area contributed by atoms with Gasteiger partial charge in [0, 0.05) is 24.8 Å². The maximum Gasteiger partial charge on any atom is 0.163 e. The van der Waals surface area contributed by atoms with Gasteiger partial charge in [-0.25, -0.2) is 0 Å². The summed E-state index contributed by atoms with van der Waals surface area (Å²) in [6, 6.07) is 7.77. The van der Waals surface area contributed by atoms with Gasteiger partial charge >= 0.3 is 0 Å². The van der Waals surface area contributed by atoms with E-state index in [1.165, 1.54) is 5.56 Å². The molecule has 3 nitrogen and oxygen atoms in total. The van der Waals surface area contributed by atoms with Gasteiger partial charge in [0.05, 0.1) is 0 Å². The fourth-order valence-corrected chi connectivity index (χ4v) is 2.38. The molecule has 0 aliphatic heterocycles. The molecule has 1 aromatic rings. The molecule has 0 bridgehead atoms. The number of benzene rings is 1. The largest absolute Gasteiger partial charge is 0.300 e. The number of hydrogen-bond acceptors (Lipinski definition) is 3. The van der Waals surface area contributed by atoms with Crippen LogP contribution in [0.2, 0.25) is 0 Å². The molecule has 0 N–H and O–H groups in total. The number of hydrogen-bond donors (Lipinski definition) is 0. The van der Waals surface area contributed by atoms with E-state index in [4.69, 9.17) is 0 Å². The van der Waals surface area contributed by atoms with E-state index < -0.39 is 0 Å². The summed E-state index contributed by atoms with van der Waals surface area (Å²) in [5, 5.41) is 0. The van der Waals surface area contributed by atoms with E-state index in [1.807, 2.05) is 58.9 Å². The first-order chi connectivity index (χ1) is 12.3. The third-order valence-electron chi connectivity index (χ3n) is 3.36. The second-order valence-corrected chi connectivity index (χ2v) is 8.49. The number of rotatable bonds is 7. The number of Topliss-reactive ketones (excluding diaryl/α,β-unsaturated/α-hetero) is 3. The lowest BCUT2D eigenvalue weighted by atomic mass is 10.0. The molecule has 0 radical (unpaired) electrons. The van der Waals surface area contributed by atoms with Crippen molar-refractivity contribution in [1.82, 2.24) is 0 Å². The van der Waals surface area contributed by atoms with Crippen molar-refractivity contribution in [1.29, 1.82) is 0 Å². The van der Waals surface area contributed by atoms with Crippen LogP contribution in [0.25, 0.3) is 0 Å². The lowest BCUT2D eigenvalue weighted by molar-refractivity contribution is -0.118. The van der Waals surface area contributed by atoms with Crippen LogP contribution in [0.5, 0.6) is 0 Å². The molecule has 1 aromatic carbocycles. The van der Waals surface area contributed by atoms with Gasteiger partial charge in [-0.15, -0.1) is 0 Å². The highest BCUT2D eigenvalue weighted by molar-refractivity contribution is 5.96. The van der Waals surface area contributed by atoms with E-state index in [-0.39, 0.29) is 17.3 Å². The highest BCUT2D eigenvalue weighted by Crippen LogP contribution is 2.10. The van der Waals surface area contributed by atoms with Gasteiger partial charge in [0.1, 0.15) is 11.6 Å². The minimum Gasteiger partial charge on any atom is -0.300 e. The van der Waals surface area contributed by atoms with Crippen LogP contribution in [-0.2, 0) is 9.59 Å². The van der Waals surface area contributed by atoms with Gasteiger partial charge < -0.3 is 9.59 Å². The highest BCUT2D eigenvalue weighted by Gasteiger charge is 2.06. The molecule has 0 spiro atoms. The first kappa shape index (κ1) is 27.4. The Labute approximate surface area is 166 Å². The first-order valence-electron chi connectivity index (χ1n) is 9.93. The number of carbonyl (C=O) groups is 3. The molecule has 0 aliphatic rings. The monoisotopic (exact) mass is 376 g/mol. The second kappa shape index (κ2) is 15.3. The standard InChI is InChI=1S/C12H16O.2C6H12O/c1-9(2)8-12(13)11-6-4-10(3)5-7-11;2*1-5(2)4-6(3)7/h4-7,9H,8H2,1-3H3;2*5H,4H2,1-3H3. The van der Waals surface area contributed by atoms with Crippen molar-refractivity contribution in [3.05, 3.63) is 35.4 Å². The maximum atomic E-state index is 11.6. The molecule has 0 aliphatic carbocycles. The molecule has 0 amide bonds. The Kier molecular flexibility index (Phi) is 15.6. The summed E-state index contributed by atoms with van der Waals surface area (Å²) < 4.78 is 0. The van der Waals surface area contributed by atoms with Gasteiger partial charge in [0.15, 0.2) is 5.78 Å². The van der Waals surface area contributed by atoms with E-state index in [9.17, 15) is 14.4 Å². The normalized spacial score (nSPS) is 10.1. The average Bonchev–Trinajstić information content (AvgIpc) is 2.45. The molecule has 0 aromatic heterocycles. The zero-order valence-corrected chi connectivity index (χ0v) is 18.9. The van der Waals surface area contributed by atoms with Crippen LogP contribution in [0.1, 0.15) is 90.6 Å². The fraction of sp³-hybridized carbons (Fsp3) is 0.625. The first-order valence-corrected chi connectivity index (χ1v) is 9.93. The van der Waals surface area contributed by atoms with Gasteiger partial charge in [0.2, 0.25) is 0 Å². The average molecular weight is 377 g/mol. The molecule has 0 heterocycles. The fourth-order valence-electron chi connectivity index (χ4n) is 2.38. The molecule has 3 heteroatoms. The van der Waals surface area contributed by atoms with Crippen LogP contribution in [0.4, 0.5) is 0 Å². The van der Waals surface area contributed by atoms with E-state index >= 15 is 0 Å². The van der Waals surface area contributed by atoms with Gasteiger partial charge in [0.25, 0.3) is 0 Å². The van der Waals surface area contributed by atoms with Crippen molar-refractivity contribution in [3.63, 3.8) is 0 Å². The molecular weight excluding hydrogens is 336 g/mol. The van der Waals surface area contributed by atoms with Crippen LogP contribution in [0, 0.1) is 24.7 Å². The smallest absolute Gasteiger partial charge is 0.163 e. The summed E-state index contributed by atoms with van der Waals surface area (Å²) in [5.41, 5.74) is 2.03. The zero-order valence-electron chi connectivity index (χ0n) is 18.9. The van der Waals surface area contributed by atoms with Crippen LogP contribution < -0.4 is 0 Å². The second-order valence-electron chi connectivity index (χ2n) is 8.49. The Balaban J connectivity index is 0. The Hall–Kier alpha value is -1.77.